The highest BCUT2D eigenvalue weighted by Gasteiger charge is 2.29. The molecule has 1 fully saturated rings. The maximum absolute atomic E-state index is 12.7. The van der Waals surface area contributed by atoms with E-state index in [9.17, 15) is 9.59 Å². The second-order valence-electron chi connectivity index (χ2n) is 7.88. The lowest BCUT2D eigenvalue weighted by molar-refractivity contribution is 0.112. The largest absolute Gasteiger partial charge is 0.307 e. The van der Waals surface area contributed by atoms with Crippen LogP contribution < -0.4 is 5.56 Å². The van der Waals surface area contributed by atoms with Crippen molar-refractivity contribution in [2.24, 2.45) is 0 Å². The van der Waals surface area contributed by atoms with Crippen molar-refractivity contribution in [2.45, 2.75) is 57.4 Å². The number of fused-ring (bicyclic) bond motifs is 3. The van der Waals surface area contributed by atoms with Crippen molar-refractivity contribution in [1.82, 2.24) is 14.8 Å². The number of pyridine rings is 1. The average Bonchev–Trinajstić information content (AvgIpc) is 2.98. The van der Waals surface area contributed by atoms with Gasteiger partial charge in [0.2, 0.25) is 0 Å². The topological polar surface area (TPSA) is 67.8 Å². The number of aldehydes is 1. The number of hydrogen-bond donors (Lipinski definition) is 1. The molecule has 0 unspecified atom stereocenters. The molecule has 3 aromatic rings. The number of aromatic amines is 1. The second-order valence-corrected chi connectivity index (χ2v) is 7.88. The van der Waals surface area contributed by atoms with Gasteiger partial charge in [-0.3, -0.25) is 9.59 Å². The quantitative estimate of drug-likeness (QED) is 0.720. The summed E-state index contributed by atoms with van der Waals surface area (Å²) in [5.74, 6) is 0.506. The Balaban J connectivity index is 1.69. The van der Waals surface area contributed by atoms with Crippen LogP contribution in [-0.4, -0.2) is 21.1 Å². The fraction of sp³-hybridized carbons (Fsp3) is 0.409. The van der Waals surface area contributed by atoms with Crippen molar-refractivity contribution in [1.29, 1.82) is 0 Å². The molecule has 2 heterocycles. The van der Waals surface area contributed by atoms with Crippen LogP contribution in [0.3, 0.4) is 0 Å². The molecule has 2 aliphatic carbocycles. The molecule has 1 saturated carbocycles. The summed E-state index contributed by atoms with van der Waals surface area (Å²) >= 11 is 0. The van der Waals surface area contributed by atoms with Crippen LogP contribution in [0.4, 0.5) is 0 Å². The number of aryl methyl sites for hydroxylation is 1. The first-order chi connectivity index (χ1) is 13.2. The monoisotopic (exact) mass is 361 g/mol. The van der Waals surface area contributed by atoms with E-state index in [1.807, 2.05) is 22.9 Å². The summed E-state index contributed by atoms with van der Waals surface area (Å²) in [7, 11) is 0. The third-order valence-corrected chi connectivity index (χ3v) is 6.17. The molecule has 27 heavy (non-hydrogen) atoms. The summed E-state index contributed by atoms with van der Waals surface area (Å²) in [6, 6.07) is 7.58. The van der Waals surface area contributed by atoms with Gasteiger partial charge in [0.25, 0.3) is 5.56 Å². The fourth-order valence-electron chi connectivity index (χ4n) is 4.54. The molecule has 5 nitrogen and oxygen atoms in total. The van der Waals surface area contributed by atoms with Crippen molar-refractivity contribution >= 4 is 17.3 Å². The van der Waals surface area contributed by atoms with Gasteiger partial charge in [0.1, 0.15) is 11.9 Å². The maximum Gasteiger partial charge on any atom is 0.253 e. The van der Waals surface area contributed by atoms with Crippen LogP contribution in [0.1, 0.15) is 70.8 Å². The average molecular weight is 361 g/mol. The van der Waals surface area contributed by atoms with Gasteiger partial charge in [-0.05, 0) is 55.7 Å². The van der Waals surface area contributed by atoms with Gasteiger partial charge in [-0.2, -0.15) is 5.10 Å². The number of hydrogen-bond acceptors (Lipinski definition) is 3. The lowest BCUT2D eigenvalue weighted by Crippen LogP contribution is -2.20. The zero-order chi connectivity index (χ0) is 18.4. The SMILES string of the molecule is O=Cc1cccc(Cn2nc(C3CCC3)c3c4c(c(=O)[nH]c32)CCCC4)c1. The van der Waals surface area contributed by atoms with Crippen LogP contribution in [-0.2, 0) is 19.4 Å². The molecule has 0 bridgehead atoms. The Morgan fingerprint density at radius 2 is 1.96 bits per heavy atom. The molecule has 5 heteroatoms. The number of aromatic nitrogens is 3. The van der Waals surface area contributed by atoms with Crippen molar-refractivity contribution < 1.29 is 4.79 Å². The van der Waals surface area contributed by atoms with Crippen LogP contribution in [0.15, 0.2) is 29.1 Å². The van der Waals surface area contributed by atoms with E-state index in [-0.39, 0.29) is 5.56 Å². The van der Waals surface area contributed by atoms with Gasteiger partial charge in [0, 0.05) is 22.4 Å². The molecule has 1 N–H and O–H groups in total. The number of carbonyl (C=O) groups is 1. The van der Waals surface area contributed by atoms with Crippen LogP contribution in [0.2, 0.25) is 0 Å². The molecule has 0 saturated heterocycles. The predicted molar refractivity (Wildman–Crippen MR) is 105 cm³/mol. The standard InChI is InChI=1S/C22H23N3O2/c26-13-15-6-3-5-14(11-15)12-25-21-19(20(24-25)16-7-4-8-16)17-9-1-2-10-18(17)22(27)23-21/h3,5-6,11,13,16H,1-2,4,7-10,12H2,(H,23,27). The van der Waals surface area contributed by atoms with Gasteiger partial charge >= 0.3 is 0 Å². The van der Waals surface area contributed by atoms with E-state index in [1.54, 1.807) is 6.07 Å². The first kappa shape index (κ1) is 16.5. The zero-order valence-corrected chi connectivity index (χ0v) is 15.3. The minimum absolute atomic E-state index is 0.0418. The van der Waals surface area contributed by atoms with Gasteiger partial charge in [0.05, 0.1) is 12.2 Å². The minimum atomic E-state index is 0.0418. The predicted octanol–water partition coefficient (Wildman–Crippen LogP) is 3.73. The Hall–Kier alpha value is -2.69. The summed E-state index contributed by atoms with van der Waals surface area (Å²) in [4.78, 5) is 26.9. The summed E-state index contributed by atoms with van der Waals surface area (Å²) in [6.45, 7) is 0.555. The van der Waals surface area contributed by atoms with Crippen LogP contribution in [0.5, 0.6) is 0 Å². The molecular weight excluding hydrogens is 338 g/mol. The van der Waals surface area contributed by atoms with Crippen molar-refractivity contribution in [3.05, 3.63) is 62.6 Å². The van der Waals surface area contributed by atoms with Gasteiger partial charge in [-0.25, -0.2) is 4.68 Å². The normalized spacial score (nSPS) is 16.9. The Morgan fingerprint density at radius 1 is 1.15 bits per heavy atom. The van der Waals surface area contributed by atoms with Crippen molar-refractivity contribution in [3.63, 3.8) is 0 Å². The van der Waals surface area contributed by atoms with Crippen molar-refractivity contribution in [3.8, 4) is 0 Å². The molecule has 0 radical (unpaired) electrons. The summed E-state index contributed by atoms with van der Waals surface area (Å²) in [5, 5.41) is 6.16. The van der Waals surface area contributed by atoms with E-state index in [4.69, 9.17) is 5.10 Å². The molecule has 0 atom stereocenters. The maximum atomic E-state index is 12.7. The summed E-state index contributed by atoms with van der Waals surface area (Å²) in [5.41, 5.74) is 5.93. The number of benzene rings is 1. The Morgan fingerprint density at radius 3 is 2.70 bits per heavy atom. The fourth-order valence-corrected chi connectivity index (χ4v) is 4.54. The molecule has 5 rings (SSSR count). The van der Waals surface area contributed by atoms with Crippen LogP contribution >= 0.6 is 0 Å². The molecule has 138 valence electrons. The lowest BCUT2D eigenvalue weighted by Gasteiger charge is -2.25. The number of nitrogens with one attached hydrogen (secondary N) is 1. The van der Waals surface area contributed by atoms with E-state index in [0.29, 0.717) is 18.0 Å². The Kier molecular flexibility index (Phi) is 3.96. The number of H-pyrrole nitrogens is 1. The lowest BCUT2D eigenvalue weighted by atomic mass is 9.80. The highest BCUT2D eigenvalue weighted by molar-refractivity contribution is 5.84. The summed E-state index contributed by atoms with van der Waals surface area (Å²) in [6.07, 6.45) is 8.56. The molecule has 2 aliphatic rings. The first-order valence-corrected chi connectivity index (χ1v) is 9.93. The van der Waals surface area contributed by atoms with E-state index >= 15 is 0 Å². The van der Waals surface area contributed by atoms with E-state index < -0.39 is 0 Å². The van der Waals surface area contributed by atoms with E-state index in [1.165, 1.54) is 30.2 Å². The highest BCUT2D eigenvalue weighted by Crippen LogP contribution is 2.41. The van der Waals surface area contributed by atoms with Crippen LogP contribution in [0, 0.1) is 0 Å². The van der Waals surface area contributed by atoms with Gasteiger partial charge in [0.15, 0.2) is 0 Å². The molecular formula is C22H23N3O2. The van der Waals surface area contributed by atoms with Gasteiger partial charge < -0.3 is 4.98 Å². The van der Waals surface area contributed by atoms with Crippen LogP contribution in [0.25, 0.3) is 11.0 Å². The molecule has 1 aromatic carbocycles. The van der Waals surface area contributed by atoms with Gasteiger partial charge in [-0.15, -0.1) is 0 Å². The molecule has 0 amide bonds. The molecule has 0 aliphatic heterocycles. The minimum Gasteiger partial charge on any atom is -0.307 e. The van der Waals surface area contributed by atoms with E-state index in [2.05, 4.69) is 4.98 Å². The third-order valence-electron chi connectivity index (χ3n) is 6.17. The Labute approximate surface area is 157 Å². The Bertz CT molecular complexity index is 1090. The highest BCUT2D eigenvalue weighted by atomic mass is 16.1. The number of nitrogens with zero attached hydrogens (tertiary/aromatic N) is 2. The summed E-state index contributed by atoms with van der Waals surface area (Å²) < 4.78 is 1.93. The third kappa shape index (κ3) is 2.73. The van der Waals surface area contributed by atoms with Gasteiger partial charge in [-0.1, -0.05) is 24.6 Å². The zero-order valence-electron chi connectivity index (χ0n) is 15.3. The second kappa shape index (κ2) is 6.48. The molecule has 2 aromatic heterocycles. The van der Waals surface area contributed by atoms with E-state index in [0.717, 1.165) is 54.4 Å². The number of rotatable bonds is 4. The molecule has 0 spiro atoms. The van der Waals surface area contributed by atoms with Crippen molar-refractivity contribution in [2.75, 3.05) is 0 Å². The first-order valence-electron chi connectivity index (χ1n) is 9.93. The number of carbonyl (C=O) groups excluding carboxylic acids is 1. The smallest absolute Gasteiger partial charge is 0.253 e.